The van der Waals surface area contributed by atoms with Crippen LogP contribution in [0.1, 0.15) is 15.9 Å². The zero-order valence-electron chi connectivity index (χ0n) is 12.9. The number of carbonyl (C=O) groups is 1. The van der Waals surface area contributed by atoms with Gasteiger partial charge in [-0.1, -0.05) is 17.4 Å². The summed E-state index contributed by atoms with van der Waals surface area (Å²) in [6.07, 6.45) is 5.63. The molecule has 6 heteroatoms. The quantitative estimate of drug-likeness (QED) is 0.615. The van der Waals surface area contributed by atoms with Gasteiger partial charge in [0.2, 0.25) is 0 Å². The lowest BCUT2D eigenvalue weighted by atomic mass is 10.2. The van der Waals surface area contributed by atoms with E-state index in [1.165, 1.54) is 0 Å². The molecule has 1 N–H and O–H groups in total. The molecule has 0 atom stereocenters. The van der Waals surface area contributed by atoms with Gasteiger partial charge in [0.1, 0.15) is 5.82 Å². The summed E-state index contributed by atoms with van der Waals surface area (Å²) in [6, 6.07) is 13.1. The highest BCUT2D eigenvalue weighted by atomic mass is 32.1. The molecule has 1 aromatic carbocycles. The van der Waals surface area contributed by atoms with Crippen LogP contribution in [0.5, 0.6) is 0 Å². The van der Waals surface area contributed by atoms with Crippen LogP contribution in [0.25, 0.3) is 15.3 Å². The van der Waals surface area contributed by atoms with Crippen LogP contribution in [0, 0.1) is 6.92 Å². The predicted octanol–water partition coefficient (Wildman–Crippen LogP) is 4.04. The molecule has 0 aliphatic rings. The Morgan fingerprint density at radius 1 is 1.17 bits per heavy atom. The molecule has 4 rings (SSSR count). The number of aromatic nitrogens is 3. The Balaban J connectivity index is 1.62. The van der Waals surface area contributed by atoms with Crippen molar-refractivity contribution in [3.05, 3.63) is 72.2 Å². The monoisotopic (exact) mass is 334 g/mol. The summed E-state index contributed by atoms with van der Waals surface area (Å²) in [5.74, 6) is 0.368. The number of fused-ring (bicyclic) bond motifs is 1. The van der Waals surface area contributed by atoms with Gasteiger partial charge in [-0.15, -0.1) is 0 Å². The minimum Gasteiger partial charge on any atom is -0.307 e. The molecule has 0 saturated carbocycles. The van der Waals surface area contributed by atoms with Gasteiger partial charge in [-0.05, 0) is 48.9 Å². The minimum absolute atomic E-state index is 0.177. The van der Waals surface area contributed by atoms with Crippen molar-refractivity contribution in [1.29, 1.82) is 0 Å². The summed E-state index contributed by atoms with van der Waals surface area (Å²) >= 11 is 1.55. The van der Waals surface area contributed by atoms with E-state index in [0.717, 1.165) is 20.9 Å². The van der Waals surface area contributed by atoms with Crippen molar-refractivity contribution in [2.24, 2.45) is 0 Å². The number of thiazole rings is 1. The van der Waals surface area contributed by atoms with Gasteiger partial charge in [-0.2, -0.15) is 0 Å². The average Bonchev–Trinajstić information content (AvgIpc) is 3.25. The zero-order chi connectivity index (χ0) is 16.5. The first-order valence-corrected chi connectivity index (χ1v) is 8.29. The Morgan fingerprint density at radius 2 is 2.00 bits per heavy atom. The number of carbonyl (C=O) groups excluding carboxylic acids is 1. The van der Waals surface area contributed by atoms with Crippen LogP contribution in [0.15, 0.2) is 61.1 Å². The number of benzene rings is 1. The van der Waals surface area contributed by atoms with E-state index in [0.29, 0.717) is 11.4 Å². The molecule has 0 spiro atoms. The summed E-state index contributed by atoms with van der Waals surface area (Å²) in [4.78, 5) is 21.2. The molecule has 0 bridgehead atoms. The van der Waals surface area contributed by atoms with E-state index in [2.05, 4.69) is 15.3 Å². The van der Waals surface area contributed by atoms with E-state index in [1.807, 2.05) is 54.2 Å². The molecule has 3 heterocycles. The molecule has 0 radical (unpaired) electrons. The van der Waals surface area contributed by atoms with E-state index < -0.39 is 0 Å². The van der Waals surface area contributed by atoms with Crippen molar-refractivity contribution in [2.45, 2.75) is 6.92 Å². The van der Waals surface area contributed by atoms with Crippen molar-refractivity contribution in [3.8, 4) is 5.13 Å². The van der Waals surface area contributed by atoms with Gasteiger partial charge in [-0.25, -0.2) is 9.97 Å². The van der Waals surface area contributed by atoms with Crippen molar-refractivity contribution in [1.82, 2.24) is 14.5 Å². The Kier molecular flexibility index (Phi) is 3.59. The molecule has 0 fully saturated rings. The van der Waals surface area contributed by atoms with Crippen molar-refractivity contribution in [2.75, 3.05) is 5.32 Å². The summed E-state index contributed by atoms with van der Waals surface area (Å²) in [7, 11) is 0. The van der Waals surface area contributed by atoms with Crippen LogP contribution in [0.2, 0.25) is 0 Å². The van der Waals surface area contributed by atoms with E-state index in [-0.39, 0.29) is 5.91 Å². The summed E-state index contributed by atoms with van der Waals surface area (Å²) in [6.45, 7) is 1.96. The van der Waals surface area contributed by atoms with Gasteiger partial charge in [0.05, 0.1) is 10.2 Å². The first kappa shape index (κ1) is 14.6. The third-order valence-electron chi connectivity index (χ3n) is 3.62. The van der Waals surface area contributed by atoms with Crippen molar-refractivity contribution in [3.63, 3.8) is 0 Å². The number of hydrogen-bond donors (Lipinski definition) is 1. The Hall–Kier alpha value is -2.99. The molecule has 4 aromatic rings. The predicted molar refractivity (Wildman–Crippen MR) is 95.9 cm³/mol. The van der Waals surface area contributed by atoms with E-state index in [1.54, 1.807) is 29.7 Å². The lowest BCUT2D eigenvalue weighted by molar-refractivity contribution is 0.102. The molecule has 0 aliphatic heterocycles. The van der Waals surface area contributed by atoms with Gasteiger partial charge in [0, 0.05) is 24.2 Å². The normalized spacial score (nSPS) is 10.9. The van der Waals surface area contributed by atoms with Gasteiger partial charge in [-0.3, -0.25) is 4.79 Å². The Labute approximate surface area is 142 Å². The summed E-state index contributed by atoms with van der Waals surface area (Å²) in [5.41, 5.74) is 2.53. The molecule has 3 aromatic heterocycles. The first-order chi connectivity index (χ1) is 11.7. The fourth-order valence-corrected chi connectivity index (χ4v) is 3.33. The standard InChI is InChI=1S/C18H14N4OS/c1-12-4-7-16(19-11-12)21-17(23)13-5-6-14-15(10-13)24-18(20-14)22-8-2-3-9-22/h2-11H,1H3,(H,19,21,23). The second-order valence-electron chi connectivity index (χ2n) is 5.44. The third kappa shape index (κ3) is 2.79. The maximum absolute atomic E-state index is 12.4. The maximum atomic E-state index is 12.4. The summed E-state index contributed by atoms with van der Waals surface area (Å²) < 4.78 is 2.93. The number of rotatable bonds is 3. The topological polar surface area (TPSA) is 59.8 Å². The second-order valence-corrected chi connectivity index (χ2v) is 6.45. The molecule has 118 valence electrons. The molecule has 5 nitrogen and oxygen atoms in total. The Bertz CT molecular complexity index is 1000. The van der Waals surface area contributed by atoms with Crippen LogP contribution in [0.3, 0.4) is 0 Å². The third-order valence-corrected chi connectivity index (χ3v) is 4.65. The lowest BCUT2D eigenvalue weighted by Crippen LogP contribution is -2.12. The van der Waals surface area contributed by atoms with Crippen LogP contribution in [-0.4, -0.2) is 20.4 Å². The molecule has 0 unspecified atom stereocenters. The minimum atomic E-state index is -0.177. The number of nitrogens with one attached hydrogen (secondary N) is 1. The maximum Gasteiger partial charge on any atom is 0.256 e. The molecule has 1 amide bonds. The van der Waals surface area contributed by atoms with Gasteiger partial charge in [0.25, 0.3) is 5.91 Å². The second kappa shape index (κ2) is 5.90. The molecular formula is C18H14N4OS. The fourth-order valence-electron chi connectivity index (χ4n) is 2.36. The number of aryl methyl sites for hydroxylation is 1. The van der Waals surface area contributed by atoms with Gasteiger partial charge >= 0.3 is 0 Å². The average molecular weight is 334 g/mol. The SMILES string of the molecule is Cc1ccc(NC(=O)c2ccc3nc(-n4cccc4)sc3c2)nc1. The molecule has 24 heavy (non-hydrogen) atoms. The van der Waals surface area contributed by atoms with E-state index in [4.69, 9.17) is 0 Å². The number of pyridine rings is 1. The highest BCUT2D eigenvalue weighted by Crippen LogP contribution is 2.26. The largest absolute Gasteiger partial charge is 0.307 e. The molecular weight excluding hydrogens is 320 g/mol. The van der Waals surface area contributed by atoms with E-state index >= 15 is 0 Å². The number of anilines is 1. The lowest BCUT2D eigenvalue weighted by Gasteiger charge is -2.04. The van der Waals surface area contributed by atoms with Crippen molar-refractivity contribution < 1.29 is 4.79 Å². The van der Waals surface area contributed by atoms with Crippen LogP contribution in [0.4, 0.5) is 5.82 Å². The zero-order valence-corrected chi connectivity index (χ0v) is 13.7. The molecule has 0 saturated heterocycles. The number of hydrogen-bond acceptors (Lipinski definition) is 4. The van der Waals surface area contributed by atoms with Crippen LogP contribution >= 0.6 is 11.3 Å². The molecule has 0 aliphatic carbocycles. The highest BCUT2D eigenvalue weighted by molar-refractivity contribution is 7.20. The number of nitrogens with zero attached hydrogens (tertiary/aromatic N) is 3. The highest BCUT2D eigenvalue weighted by Gasteiger charge is 2.11. The summed E-state index contributed by atoms with van der Waals surface area (Å²) in [5, 5.41) is 3.70. The van der Waals surface area contributed by atoms with Gasteiger partial charge < -0.3 is 9.88 Å². The van der Waals surface area contributed by atoms with Crippen LogP contribution < -0.4 is 5.32 Å². The number of amides is 1. The Morgan fingerprint density at radius 3 is 2.75 bits per heavy atom. The van der Waals surface area contributed by atoms with E-state index in [9.17, 15) is 4.79 Å². The fraction of sp³-hybridized carbons (Fsp3) is 0.0556. The van der Waals surface area contributed by atoms with Gasteiger partial charge in [0.15, 0.2) is 5.13 Å². The smallest absolute Gasteiger partial charge is 0.256 e. The first-order valence-electron chi connectivity index (χ1n) is 7.47. The van der Waals surface area contributed by atoms with Crippen LogP contribution in [-0.2, 0) is 0 Å². The van der Waals surface area contributed by atoms with Crippen molar-refractivity contribution >= 4 is 33.3 Å².